The second kappa shape index (κ2) is 6.19. The van der Waals surface area contributed by atoms with Crippen LogP contribution in [0.15, 0.2) is 18.5 Å². The number of esters is 1. The maximum absolute atomic E-state index is 11.2. The van der Waals surface area contributed by atoms with Crippen LogP contribution in [0, 0.1) is 0 Å². The Bertz CT molecular complexity index is 285. The summed E-state index contributed by atoms with van der Waals surface area (Å²) in [4.78, 5) is 11.2. The minimum atomic E-state index is -0.263. The minimum absolute atomic E-state index is 0.210. The molecule has 1 atom stereocenters. The summed E-state index contributed by atoms with van der Waals surface area (Å²) >= 11 is 0. The van der Waals surface area contributed by atoms with Gasteiger partial charge in [0.2, 0.25) is 0 Å². The normalized spacial score (nSPS) is 12.4. The van der Waals surface area contributed by atoms with Crippen LogP contribution in [-0.2, 0) is 16.1 Å². The third kappa shape index (κ3) is 4.12. The number of ether oxygens (including phenoxy) is 1. The van der Waals surface area contributed by atoms with Gasteiger partial charge in [-0.05, 0) is 19.9 Å². The second-order valence-electron chi connectivity index (χ2n) is 3.20. The van der Waals surface area contributed by atoms with Crippen LogP contribution in [0.25, 0.3) is 0 Å². The monoisotopic (exact) mass is 211 g/mol. The molecule has 1 rings (SSSR count). The molecule has 1 unspecified atom stereocenters. The quantitative estimate of drug-likeness (QED) is 0.693. The fraction of sp³-hybridized carbons (Fsp3) is 0.600. The Labute approximate surface area is 89.4 Å². The first-order valence-electron chi connectivity index (χ1n) is 5.11. The molecule has 0 amide bonds. The highest BCUT2D eigenvalue weighted by molar-refractivity contribution is 5.75. The lowest BCUT2D eigenvalue weighted by Crippen LogP contribution is -2.37. The van der Waals surface area contributed by atoms with Crippen molar-refractivity contribution in [2.24, 2.45) is 0 Å². The van der Waals surface area contributed by atoms with Crippen LogP contribution in [0.5, 0.6) is 0 Å². The molecule has 84 valence electrons. The Balaban J connectivity index is 2.17. The van der Waals surface area contributed by atoms with Gasteiger partial charge < -0.3 is 10.1 Å². The van der Waals surface area contributed by atoms with E-state index in [1.807, 2.05) is 16.9 Å². The Hall–Kier alpha value is -1.36. The smallest absolute Gasteiger partial charge is 0.322 e. The average Bonchev–Trinajstić information content (AvgIpc) is 2.71. The van der Waals surface area contributed by atoms with Crippen LogP contribution < -0.4 is 5.32 Å². The standard InChI is InChI=1S/C10H17N3O2/c1-3-15-10(14)9(2)11-6-8-13-7-4-5-12-13/h4-5,7,9,11H,3,6,8H2,1-2H3. The van der Waals surface area contributed by atoms with Gasteiger partial charge in [0.25, 0.3) is 0 Å². The summed E-state index contributed by atoms with van der Waals surface area (Å²) in [7, 11) is 0. The number of carbonyl (C=O) groups is 1. The van der Waals surface area contributed by atoms with Crippen LogP contribution >= 0.6 is 0 Å². The molecule has 15 heavy (non-hydrogen) atoms. The van der Waals surface area contributed by atoms with Crippen molar-refractivity contribution in [2.75, 3.05) is 13.2 Å². The van der Waals surface area contributed by atoms with Gasteiger partial charge in [0.05, 0.1) is 13.2 Å². The Morgan fingerprint density at radius 3 is 3.07 bits per heavy atom. The first-order chi connectivity index (χ1) is 7.24. The van der Waals surface area contributed by atoms with Crippen molar-refractivity contribution in [3.05, 3.63) is 18.5 Å². The maximum Gasteiger partial charge on any atom is 0.322 e. The van der Waals surface area contributed by atoms with Crippen molar-refractivity contribution in [1.29, 1.82) is 0 Å². The van der Waals surface area contributed by atoms with Crippen LogP contribution in [0.2, 0.25) is 0 Å². The zero-order chi connectivity index (χ0) is 11.1. The lowest BCUT2D eigenvalue weighted by molar-refractivity contribution is -0.145. The zero-order valence-electron chi connectivity index (χ0n) is 9.14. The third-order valence-corrected chi connectivity index (χ3v) is 1.99. The summed E-state index contributed by atoms with van der Waals surface area (Å²) in [6.07, 6.45) is 3.62. The second-order valence-corrected chi connectivity index (χ2v) is 3.20. The van der Waals surface area contributed by atoms with Crippen LogP contribution in [0.1, 0.15) is 13.8 Å². The maximum atomic E-state index is 11.2. The molecule has 0 spiro atoms. The highest BCUT2D eigenvalue weighted by atomic mass is 16.5. The number of carbonyl (C=O) groups excluding carboxylic acids is 1. The van der Waals surface area contributed by atoms with Gasteiger partial charge in [-0.2, -0.15) is 5.10 Å². The molecule has 0 aliphatic carbocycles. The number of nitrogens with one attached hydrogen (secondary N) is 1. The van der Waals surface area contributed by atoms with Crippen molar-refractivity contribution < 1.29 is 9.53 Å². The molecule has 5 heteroatoms. The summed E-state index contributed by atoms with van der Waals surface area (Å²) in [6.45, 7) is 5.46. The lowest BCUT2D eigenvalue weighted by Gasteiger charge is -2.12. The summed E-state index contributed by atoms with van der Waals surface area (Å²) in [5.74, 6) is -0.210. The van der Waals surface area contributed by atoms with E-state index in [9.17, 15) is 4.79 Å². The summed E-state index contributed by atoms with van der Waals surface area (Å²) < 4.78 is 6.68. The van der Waals surface area contributed by atoms with Crippen LogP contribution in [0.4, 0.5) is 0 Å². The molecule has 0 fully saturated rings. The fourth-order valence-electron chi connectivity index (χ4n) is 1.18. The van der Waals surface area contributed by atoms with Crippen molar-refractivity contribution in [2.45, 2.75) is 26.4 Å². The Kier molecular flexibility index (Phi) is 4.83. The largest absolute Gasteiger partial charge is 0.465 e. The molecule has 1 N–H and O–H groups in total. The van der Waals surface area contributed by atoms with Crippen molar-refractivity contribution >= 4 is 5.97 Å². The molecule has 0 aliphatic rings. The first-order valence-corrected chi connectivity index (χ1v) is 5.11. The van der Waals surface area contributed by atoms with Crippen LogP contribution in [-0.4, -0.2) is 34.9 Å². The number of hydrogen-bond donors (Lipinski definition) is 1. The molecule has 0 radical (unpaired) electrons. The third-order valence-electron chi connectivity index (χ3n) is 1.99. The van der Waals surface area contributed by atoms with Crippen molar-refractivity contribution in [3.8, 4) is 0 Å². The summed E-state index contributed by atoms with van der Waals surface area (Å²) in [5, 5.41) is 7.12. The molecule has 0 aliphatic heterocycles. The molecule has 0 saturated carbocycles. The van der Waals surface area contributed by atoms with Gasteiger partial charge in [-0.3, -0.25) is 9.48 Å². The van der Waals surface area contributed by atoms with Crippen LogP contribution in [0.3, 0.4) is 0 Å². The van der Waals surface area contributed by atoms with Gasteiger partial charge in [0.1, 0.15) is 6.04 Å². The van der Waals surface area contributed by atoms with Gasteiger partial charge in [-0.25, -0.2) is 0 Å². The zero-order valence-corrected chi connectivity index (χ0v) is 9.14. The molecule has 0 aromatic carbocycles. The highest BCUT2D eigenvalue weighted by Gasteiger charge is 2.11. The molecule has 1 heterocycles. The number of rotatable bonds is 6. The van der Waals surface area contributed by atoms with Gasteiger partial charge in [-0.1, -0.05) is 0 Å². The van der Waals surface area contributed by atoms with E-state index in [0.29, 0.717) is 13.2 Å². The van der Waals surface area contributed by atoms with E-state index in [2.05, 4.69) is 10.4 Å². The SMILES string of the molecule is CCOC(=O)C(C)NCCn1cccn1. The first kappa shape index (κ1) is 11.7. The van der Waals surface area contributed by atoms with Gasteiger partial charge in [0, 0.05) is 18.9 Å². The fourth-order valence-corrected chi connectivity index (χ4v) is 1.18. The Morgan fingerprint density at radius 1 is 1.67 bits per heavy atom. The van der Waals surface area contributed by atoms with E-state index in [4.69, 9.17) is 4.74 Å². The van der Waals surface area contributed by atoms with E-state index in [-0.39, 0.29) is 12.0 Å². The molecule has 5 nitrogen and oxygen atoms in total. The van der Waals surface area contributed by atoms with E-state index in [1.165, 1.54) is 0 Å². The number of hydrogen-bond acceptors (Lipinski definition) is 4. The molecular weight excluding hydrogens is 194 g/mol. The summed E-state index contributed by atoms with van der Waals surface area (Å²) in [5.41, 5.74) is 0. The molecular formula is C10H17N3O2. The van der Waals surface area contributed by atoms with E-state index >= 15 is 0 Å². The Morgan fingerprint density at radius 2 is 2.47 bits per heavy atom. The molecule has 1 aromatic rings. The van der Waals surface area contributed by atoms with Gasteiger partial charge in [0.15, 0.2) is 0 Å². The molecule has 1 aromatic heterocycles. The predicted octanol–water partition coefficient (Wildman–Crippen LogP) is 0.424. The van der Waals surface area contributed by atoms with Crippen molar-refractivity contribution in [1.82, 2.24) is 15.1 Å². The van der Waals surface area contributed by atoms with Gasteiger partial charge in [-0.15, -0.1) is 0 Å². The van der Waals surface area contributed by atoms with E-state index in [1.54, 1.807) is 20.0 Å². The van der Waals surface area contributed by atoms with Crippen molar-refractivity contribution in [3.63, 3.8) is 0 Å². The topological polar surface area (TPSA) is 56.1 Å². The average molecular weight is 211 g/mol. The molecule has 0 bridgehead atoms. The minimum Gasteiger partial charge on any atom is -0.465 e. The van der Waals surface area contributed by atoms with E-state index < -0.39 is 0 Å². The highest BCUT2D eigenvalue weighted by Crippen LogP contribution is 1.88. The van der Waals surface area contributed by atoms with E-state index in [0.717, 1.165) is 6.54 Å². The van der Waals surface area contributed by atoms with Gasteiger partial charge >= 0.3 is 5.97 Å². The predicted molar refractivity (Wildman–Crippen MR) is 56.3 cm³/mol. The molecule has 0 saturated heterocycles. The number of nitrogens with zero attached hydrogens (tertiary/aromatic N) is 2. The summed E-state index contributed by atoms with van der Waals surface area (Å²) in [6, 6.07) is 1.61. The number of aromatic nitrogens is 2. The lowest BCUT2D eigenvalue weighted by atomic mass is 10.3.